The number of ether oxygens (including phenoxy) is 1. The van der Waals surface area contributed by atoms with Gasteiger partial charge in [0.1, 0.15) is 22.6 Å². The molecule has 0 fully saturated rings. The molecule has 0 spiro atoms. The lowest BCUT2D eigenvalue weighted by molar-refractivity contribution is 0.414. The summed E-state index contributed by atoms with van der Waals surface area (Å²) < 4.78 is 22.3. The molecule has 2 aromatic heterocycles. The summed E-state index contributed by atoms with van der Waals surface area (Å²) in [6.45, 7) is 2.85. The summed E-state index contributed by atoms with van der Waals surface area (Å²) in [6.07, 6.45) is 1.61. The number of methoxy groups -OCH3 is 1. The first-order valence-corrected chi connectivity index (χ1v) is 10.4. The first-order valence-electron chi connectivity index (χ1n) is 10.4. The van der Waals surface area contributed by atoms with Gasteiger partial charge in [-0.25, -0.2) is 9.37 Å². The highest BCUT2D eigenvalue weighted by atomic mass is 19.1. The molecule has 0 unspecified atom stereocenters. The second-order valence-electron chi connectivity index (χ2n) is 7.96. The first-order chi connectivity index (χ1) is 15.5. The number of aromatic nitrogens is 3. The molecule has 0 bridgehead atoms. The summed E-state index contributed by atoms with van der Waals surface area (Å²) in [5.41, 5.74) is 4.99. The third-order valence-corrected chi connectivity index (χ3v) is 5.72. The number of nitrogens with zero attached hydrogens (tertiary/aromatic N) is 3. The zero-order valence-corrected chi connectivity index (χ0v) is 17.9. The maximum Gasteiger partial charge on any atom is 0.278 e. The van der Waals surface area contributed by atoms with Crippen molar-refractivity contribution in [3.05, 3.63) is 106 Å². The van der Waals surface area contributed by atoms with Gasteiger partial charge in [0.2, 0.25) is 0 Å². The van der Waals surface area contributed by atoms with E-state index in [4.69, 9.17) is 4.74 Å². The molecule has 160 valence electrons. The maximum atomic E-state index is 13.6. The molecule has 3 aromatic carbocycles. The fourth-order valence-corrected chi connectivity index (χ4v) is 4.13. The lowest BCUT2D eigenvalue weighted by Crippen LogP contribution is -2.23. The highest BCUT2D eigenvalue weighted by Gasteiger charge is 2.17. The van der Waals surface area contributed by atoms with Crippen molar-refractivity contribution < 1.29 is 9.13 Å². The number of fused-ring (bicyclic) bond motifs is 3. The summed E-state index contributed by atoms with van der Waals surface area (Å²) >= 11 is 0. The molecule has 0 atom stereocenters. The molecule has 0 amide bonds. The molecule has 0 aliphatic heterocycles. The van der Waals surface area contributed by atoms with E-state index in [1.165, 1.54) is 12.1 Å². The lowest BCUT2D eigenvalue weighted by Gasteiger charge is -2.10. The van der Waals surface area contributed by atoms with Gasteiger partial charge in [-0.1, -0.05) is 35.9 Å². The van der Waals surface area contributed by atoms with E-state index in [-0.39, 0.29) is 11.4 Å². The second kappa shape index (κ2) is 7.96. The van der Waals surface area contributed by atoms with E-state index in [0.717, 1.165) is 33.3 Å². The number of hydrogen-bond acceptors (Lipinski definition) is 3. The third-order valence-electron chi connectivity index (χ3n) is 5.72. The van der Waals surface area contributed by atoms with Crippen molar-refractivity contribution in [2.45, 2.75) is 20.0 Å². The van der Waals surface area contributed by atoms with Crippen molar-refractivity contribution in [2.75, 3.05) is 7.11 Å². The number of rotatable bonds is 5. The van der Waals surface area contributed by atoms with Gasteiger partial charge >= 0.3 is 0 Å². The van der Waals surface area contributed by atoms with E-state index < -0.39 is 0 Å². The Morgan fingerprint density at radius 2 is 1.78 bits per heavy atom. The van der Waals surface area contributed by atoms with Gasteiger partial charge in [-0.3, -0.25) is 9.36 Å². The minimum Gasteiger partial charge on any atom is -0.497 e. The Balaban J connectivity index is 1.69. The van der Waals surface area contributed by atoms with E-state index in [2.05, 4.69) is 11.1 Å². The van der Waals surface area contributed by atoms with Gasteiger partial charge in [-0.2, -0.15) is 0 Å². The van der Waals surface area contributed by atoms with Crippen LogP contribution in [0.4, 0.5) is 4.39 Å². The van der Waals surface area contributed by atoms with Crippen molar-refractivity contribution in [3.8, 4) is 5.75 Å². The van der Waals surface area contributed by atoms with Crippen LogP contribution < -0.4 is 10.3 Å². The summed E-state index contributed by atoms with van der Waals surface area (Å²) in [5.74, 6) is 0.458. The van der Waals surface area contributed by atoms with Crippen LogP contribution in [0.1, 0.15) is 16.7 Å². The first kappa shape index (κ1) is 20.0. The summed E-state index contributed by atoms with van der Waals surface area (Å²) in [6, 6.07) is 20.1. The van der Waals surface area contributed by atoms with Crippen LogP contribution in [0.5, 0.6) is 5.75 Å². The molecule has 5 aromatic rings. The van der Waals surface area contributed by atoms with Gasteiger partial charge in [0, 0.05) is 11.9 Å². The minimum atomic E-state index is -0.283. The largest absolute Gasteiger partial charge is 0.497 e. The zero-order chi connectivity index (χ0) is 22.2. The van der Waals surface area contributed by atoms with Gasteiger partial charge in [0.05, 0.1) is 25.5 Å². The second-order valence-corrected chi connectivity index (χ2v) is 7.96. The molecule has 32 heavy (non-hydrogen) atoms. The van der Waals surface area contributed by atoms with Crippen molar-refractivity contribution in [3.63, 3.8) is 0 Å². The normalized spacial score (nSPS) is 11.3. The summed E-state index contributed by atoms with van der Waals surface area (Å²) in [5, 5.41) is 0.938. The number of halogens is 1. The highest BCUT2D eigenvalue weighted by Crippen LogP contribution is 2.27. The van der Waals surface area contributed by atoms with E-state index in [9.17, 15) is 9.18 Å². The van der Waals surface area contributed by atoms with Crippen molar-refractivity contribution >= 4 is 21.9 Å². The van der Waals surface area contributed by atoms with E-state index in [1.807, 2.05) is 47.9 Å². The molecule has 6 heteroatoms. The molecule has 5 nitrogen and oxygen atoms in total. The van der Waals surface area contributed by atoms with E-state index in [1.54, 1.807) is 30.1 Å². The average Bonchev–Trinajstić information content (AvgIpc) is 3.10. The third kappa shape index (κ3) is 3.54. The van der Waals surface area contributed by atoms with Crippen LogP contribution in [0.2, 0.25) is 0 Å². The summed E-state index contributed by atoms with van der Waals surface area (Å²) in [4.78, 5) is 18.3. The average molecular weight is 427 g/mol. The van der Waals surface area contributed by atoms with Gasteiger partial charge in [-0.05, 0) is 54.4 Å². The van der Waals surface area contributed by atoms with Gasteiger partial charge in [0.15, 0.2) is 0 Å². The molecule has 5 rings (SSSR count). The Labute approximate surface area is 184 Å². The molecular formula is C26H22FN3O2. The molecule has 0 radical (unpaired) electrons. The monoisotopic (exact) mass is 427 g/mol. The van der Waals surface area contributed by atoms with Crippen LogP contribution in [-0.2, 0) is 13.1 Å². The fourth-order valence-electron chi connectivity index (χ4n) is 4.13. The predicted octanol–water partition coefficient (Wildman–Crippen LogP) is 4.90. The SMILES string of the molecule is COc1cccc(Cn2cnc3c4cc(C)ccc4n(Cc4ccc(F)cc4)c3c2=O)c1. The quantitative estimate of drug-likeness (QED) is 0.401. The molecule has 0 saturated carbocycles. The Morgan fingerprint density at radius 1 is 0.969 bits per heavy atom. The highest BCUT2D eigenvalue weighted by molar-refractivity contribution is 6.05. The maximum absolute atomic E-state index is 13.6. The topological polar surface area (TPSA) is 49.0 Å². The van der Waals surface area contributed by atoms with Gasteiger partial charge < -0.3 is 9.30 Å². The standard InChI is InChI=1S/C26H22FN3O2/c1-17-6-11-23-22(12-17)24-25(30(23)15-18-7-9-20(27)10-8-18)26(31)29(16-28-24)14-19-4-3-5-21(13-19)32-2/h3-13,16H,14-15H2,1-2H3. The Bertz CT molecular complexity index is 1500. The molecular weight excluding hydrogens is 405 g/mol. The van der Waals surface area contributed by atoms with E-state index >= 15 is 0 Å². The lowest BCUT2D eigenvalue weighted by atomic mass is 10.1. The predicted molar refractivity (Wildman–Crippen MR) is 124 cm³/mol. The molecule has 0 aliphatic carbocycles. The Kier molecular flexibility index (Phi) is 4.98. The van der Waals surface area contributed by atoms with Crippen molar-refractivity contribution in [2.24, 2.45) is 0 Å². The molecule has 0 aliphatic rings. The zero-order valence-electron chi connectivity index (χ0n) is 17.9. The van der Waals surface area contributed by atoms with Crippen LogP contribution in [0, 0.1) is 12.7 Å². The minimum absolute atomic E-state index is 0.117. The Morgan fingerprint density at radius 3 is 2.56 bits per heavy atom. The fraction of sp³-hybridized carbons (Fsp3) is 0.154. The smallest absolute Gasteiger partial charge is 0.278 e. The van der Waals surface area contributed by atoms with Gasteiger partial charge in [0.25, 0.3) is 5.56 Å². The number of hydrogen-bond donors (Lipinski definition) is 0. The van der Waals surface area contributed by atoms with Crippen LogP contribution in [-0.4, -0.2) is 21.2 Å². The van der Waals surface area contributed by atoms with Crippen LogP contribution >= 0.6 is 0 Å². The van der Waals surface area contributed by atoms with E-state index in [0.29, 0.717) is 24.1 Å². The van der Waals surface area contributed by atoms with Crippen molar-refractivity contribution in [1.29, 1.82) is 0 Å². The summed E-state index contributed by atoms with van der Waals surface area (Å²) in [7, 11) is 1.62. The van der Waals surface area contributed by atoms with Gasteiger partial charge in [-0.15, -0.1) is 0 Å². The van der Waals surface area contributed by atoms with Crippen LogP contribution in [0.15, 0.2) is 77.9 Å². The number of aryl methyl sites for hydroxylation is 1. The van der Waals surface area contributed by atoms with Crippen LogP contribution in [0.25, 0.3) is 21.9 Å². The number of benzene rings is 3. The van der Waals surface area contributed by atoms with Crippen LogP contribution in [0.3, 0.4) is 0 Å². The molecule has 0 N–H and O–H groups in total. The Hall–Kier alpha value is -3.93. The molecule has 2 heterocycles. The van der Waals surface area contributed by atoms with Crippen molar-refractivity contribution in [1.82, 2.24) is 14.1 Å². The molecule has 0 saturated heterocycles.